The molecule has 31 heavy (non-hydrogen) atoms. The highest BCUT2D eigenvalue weighted by Crippen LogP contribution is 2.33. The molecule has 1 amide bonds. The summed E-state index contributed by atoms with van der Waals surface area (Å²) in [6.45, 7) is 6.69. The van der Waals surface area contributed by atoms with Crippen LogP contribution in [0.1, 0.15) is 66.7 Å². The van der Waals surface area contributed by atoms with Gasteiger partial charge in [-0.25, -0.2) is 0 Å². The number of nitrogens with one attached hydrogen (secondary N) is 1. The highest BCUT2D eigenvalue weighted by Gasteiger charge is 2.36. The van der Waals surface area contributed by atoms with Gasteiger partial charge in [-0.2, -0.15) is 0 Å². The number of rotatable bonds is 5. The number of hydrogen-bond donors (Lipinski definition) is 1. The summed E-state index contributed by atoms with van der Waals surface area (Å²) in [7, 11) is 1.72. The third kappa shape index (κ3) is 4.95. The molecule has 2 unspecified atom stereocenters. The van der Waals surface area contributed by atoms with Crippen LogP contribution in [0.2, 0.25) is 0 Å². The third-order valence-corrected chi connectivity index (χ3v) is 6.99. The summed E-state index contributed by atoms with van der Waals surface area (Å²) in [4.78, 5) is 15.3. The van der Waals surface area contributed by atoms with Gasteiger partial charge < -0.3 is 14.6 Å². The standard InChI is InChI=1S/C25H35N3O3/c1-17-22(18(2)31-27-17)15-20-14-19(10-11-24(20)30-3)16-28-13-6-4-5-12-26-25(29)21-8-7-9-23(21)28/h10-11,14,21,23H,4-9,12-13,15-16H2,1-3H3,(H,26,29). The van der Waals surface area contributed by atoms with E-state index in [0.29, 0.717) is 6.04 Å². The van der Waals surface area contributed by atoms with Gasteiger partial charge in [0.25, 0.3) is 0 Å². The summed E-state index contributed by atoms with van der Waals surface area (Å²) in [5.74, 6) is 2.13. The third-order valence-electron chi connectivity index (χ3n) is 6.99. The van der Waals surface area contributed by atoms with Crippen molar-refractivity contribution in [2.24, 2.45) is 5.92 Å². The molecule has 1 saturated carbocycles. The summed E-state index contributed by atoms with van der Waals surface area (Å²) in [5, 5.41) is 7.27. The molecule has 1 aromatic heterocycles. The average molecular weight is 426 g/mol. The van der Waals surface area contributed by atoms with Gasteiger partial charge >= 0.3 is 0 Å². The predicted octanol–water partition coefficient (Wildman–Crippen LogP) is 4.16. The number of ether oxygens (including phenoxy) is 1. The topological polar surface area (TPSA) is 67.6 Å². The summed E-state index contributed by atoms with van der Waals surface area (Å²) in [6.07, 6.45) is 7.41. The molecule has 0 spiro atoms. The molecule has 2 fully saturated rings. The van der Waals surface area contributed by atoms with Crippen LogP contribution >= 0.6 is 0 Å². The average Bonchev–Trinajstić information content (AvgIpc) is 3.38. The van der Waals surface area contributed by atoms with Crippen molar-refractivity contribution in [3.8, 4) is 5.75 Å². The van der Waals surface area contributed by atoms with Crippen molar-refractivity contribution in [1.29, 1.82) is 0 Å². The molecule has 4 rings (SSSR count). The molecule has 1 aliphatic carbocycles. The Bertz CT molecular complexity index is 888. The molecule has 0 bridgehead atoms. The van der Waals surface area contributed by atoms with Gasteiger partial charge in [-0.05, 0) is 63.3 Å². The van der Waals surface area contributed by atoms with Crippen molar-refractivity contribution >= 4 is 5.91 Å². The smallest absolute Gasteiger partial charge is 0.224 e. The van der Waals surface area contributed by atoms with E-state index in [1.54, 1.807) is 7.11 Å². The Kier molecular flexibility index (Phi) is 6.96. The van der Waals surface area contributed by atoms with Gasteiger partial charge in [-0.3, -0.25) is 9.69 Å². The minimum atomic E-state index is 0.123. The van der Waals surface area contributed by atoms with Gasteiger partial charge in [0.15, 0.2) is 0 Å². The summed E-state index contributed by atoms with van der Waals surface area (Å²) >= 11 is 0. The van der Waals surface area contributed by atoms with Gasteiger partial charge in [-0.1, -0.05) is 30.1 Å². The first kappa shape index (κ1) is 21.9. The Hall–Kier alpha value is -2.34. The highest BCUT2D eigenvalue weighted by atomic mass is 16.5. The number of benzene rings is 1. The van der Waals surface area contributed by atoms with Crippen LogP contribution in [-0.4, -0.2) is 42.2 Å². The molecule has 2 aliphatic rings. The normalized spacial score (nSPS) is 22.7. The first-order valence-electron chi connectivity index (χ1n) is 11.7. The molecule has 2 atom stereocenters. The molecule has 1 saturated heterocycles. The number of aryl methyl sites for hydroxylation is 2. The number of hydrogen-bond acceptors (Lipinski definition) is 5. The summed E-state index contributed by atoms with van der Waals surface area (Å²) in [5.41, 5.74) is 4.48. The first-order valence-corrected chi connectivity index (χ1v) is 11.7. The van der Waals surface area contributed by atoms with Crippen LogP contribution in [0.4, 0.5) is 0 Å². The van der Waals surface area contributed by atoms with E-state index in [4.69, 9.17) is 9.26 Å². The highest BCUT2D eigenvalue weighted by molar-refractivity contribution is 5.79. The fourth-order valence-electron chi connectivity index (χ4n) is 5.25. The number of fused-ring (bicyclic) bond motifs is 1. The number of amides is 1. The zero-order valence-electron chi connectivity index (χ0n) is 19.1. The Morgan fingerprint density at radius 2 is 2.06 bits per heavy atom. The van der Waals surface area contributed by atoms with Crippen LogP contribution in [0.25, 0.3) is 0 Å². The number of nitrogens with zero attached hydrogens (tertiary/aromatic N) is 2. The zero-order valence-corrected chi connectivity index (χ0v) is 19.1. The van der Waals surface area contributed by atoms with Crippen LogP contribution in [-0.2, 0) is 17.8 Å². The van der Waals surface area contributed by atoms with Crippen LogP contribution in [0.15, 0.2) is 22.7 Å². The molecule has 1 aliphatic heterocycles. The number of carbonyl (C=O) groups is 1. The molecule has 6 heteroatoms. The maximum atomic E-state index is 12.7. The van der Waals surface area contributed by atoms with E-state index in [1.165, 1.54) is 12.0 Å². The van der Waals surface area contributed by atoms with Crippen LogP contribution in [0.5, 0.6) is 5.75 Å². The second-order valence-electron chi connectivity index (χ2n) is 9.05. The molecule has 2 heterocycles. The number of methoxy groups -OCH3 is 1. The fraction of sp³-hybridized carbons (Fsp3) is 0.600. The monoisotopic (exact) mass is 425 g/mol. The Morgan fingerprint density at radius 1 is 1.19 bits per heavy atom. The van der Waals surface area contributed by atoms with Gasteiger partial charge in [0, 0.05) is 31.1 Å². The van der Waals surface area contributed by atoms with E-state index in [9.17, 15) is 4.79 Å². The SMILES string of the molecule is COc1ccc(CN2CCCCCNC(=O)C3CCCC32)cc1Cc1c(C)noc1C. The fourth-order valence-corrected chi connectivity index (χ4v) is 5.25. The maximum absolute atomic E-state index is 12.7. The van der Waals surface area contributed by atoms with E-state index >= 15 is 0 Å². The van der Waals surface area contributed by atoms with Gasteiger partial charge in [-0.15, -0.1) is 0 Å². The van der Waals surface area contributed by atoms with Crippen molar-refractivity contribution in [1.82, 2.24) is 15.4 Å². The number of aromatic nitrogens is 1. The van der Waals surface area contributed by atoms with Crippen molar-refractivity contribution in [2.75, 3.05) is 20.2 Å². The second-order valence-corrected chi connectivity index (χ2v) is 9.05. The van der Waals surface area contributed by atoms with Crippen molar-refractivity contribution in [2.45, 2.75) is 71.4 Å². The van der Waals surface area contributed by atoms with Gasteiger partial charge in [0.1, 0.15) is 11.5 Å². The minimum Gasteiger partial charge on any atom is -0.496 e. The molecule has 1 N–H and O–H groups in total. The zero-order chi connectivity index (χ0) is 21.8. The molecular weight excluding hydrogens is 390 g/mol. The molecule has 2 aromatic rings. The lowest BCUT2D eigenvalue weighted by Crippen LogP contribution is -2.45. The second kappa shape index (κ2) is 9.86. The van der Waals surface area contributed by atoms with E-state index in [1.807, 2.05) is 13.8 Å². The number of carbonyl (C=O) groups excluding carboxylic acids is 1. The van der Waals surface area contributed by atoms with E-state index in [-0.39, 0.29) is 11.8 Å². The van der Waals surface area contributed by atoms with Crippen LogP contribution in [0.3, 0.4) is 0 Å². The quantitative estimate of drug-likeness (QED) is 0.779. The van der Waals surface area contributed by atoms with Crippen molar-refractivity contribution in [3.05, 3.63) is 46.3 Å². The van der Waals surface area contributed by atoms with Crippen LogP contribution in [0, 0.1) is 19.8 Å². The Labute approximate surface area is 185 Å². The van der Waals surface area contributed by atoms with Crippen LogP contribution < -0.4 is 10.1 Å². The first-order chi connectivity index (χ1) is 15.1. The largest absolute Gasteiger partial charge is 0.496 e. The van der Waals surface area contributed by atoms with Crippen molar-refractivity contribution < 1.29 is 14.1 Å². The Morgan fingerprint density at radius 3 is 2.84 bits per heavy atom. The molecule has 0 radical (unpaired) electrons. The lowest BCUT2D eigenvalue weighted by molar-refractivity contribution is -0.126. The lowest BCUT2D eigenvalue weighted by Gasteiger charge is -2.33. The minimum absolute atomic E-state index is 0.123. The van der Waals surface area contributed by atoms with Gasteiger partial charge in [0.05, 0.1) is 18.7 Å². The molecule has 168 valence electrons. The van der Waals surface area contributed by atoms with E-state index in [0.717, 1.165) is 86.5 Å². The maximum Gasteiger partial charge on any atom is 0.224 e. The molecule has 6 nitrogen and oxygen atoms in total. The molecular formula is C25H35N3O3. The lowest BCUT2D eigenvalue weighted by atomic mass is 9.97. The molecule has 1 aromatic carbocycles. The Balaban J connectivity index is 1.57. The summed E-state index contributed by atoms with van der Waals surface area (Å²) < 4.78 is 11.0. The van der Waals surface area contributed by atoms with Crippen molar-refractivity contribution in [3.63, 3.8) is 0 Å². The summed E-state index contributed by atoms with van der Waals surface area (Å²) in [6, 6.07) is 6.83. The predicted molar refractivity (Wildman–Crippen MR) is 120 cm³/mol. The van der Waals surface area contributed by atoms with E-state index < -0.39 is 0 Å². The van der Waals surface area contributed by atoms with E-state index in [2.05, 4.69) is 33.6 Å². The van der Waals surface area contributed by atoms with Gasteiger partial charge in [0.2, 0.25) is 5.91 Å².